The predicted octanol–water partition coefficient (Wildman–Crippen LogP) is 3.65. The van der Waals surface area contributed by atoms with Gasteiger partial charge in [0.1, 0.15) is 0 Å². The van der Waals surface area contributed by atoms with Crippen molar-refractivity contribution < 1.29 is 0 Å². The highest BCUT2D eigenvalue weighted by Gasteiger charge is 2.04. The van der Waals surface area contributed by atoms with Crippen LogP contribution in [0, 0.1) is 6.92 Å². The molecule has 1 aromatic rings. The van der Waals surface area contributed by atoms with E-state index in [1.807, 2.05) is 0 Å². The lowest BCUT2D eigenvalue weighted by molar-refractivity contribution is 0.487. The number of aryl methyl sites for hydroxylation is 1. The summed E-state index contributed by atoms with van der Waals surface area (Å²) in [5, 5.41) is 4.67. The molecule has 0 amide bonds. The van der Waals surface area contributed by atoms with E-state index in [1.165, 1.54) is 24.0 Å². The molecule has 84 valence electrons. The second kappa shape index (κ2) is 7.02. The Morgan fingerprint density at radius 1 is 1.33 bits per heavy atom. The Bertz CT molecular complexity index is 286. The van der Waals surface area contributed by atoms with Crippen molar-refractivity contribution in [2.75, 3.05) is 5.33 Å². The highest BCUT2D eigenvalue weighted by atomic mass is 79.9. The largest absolute Gasteiger partial charge is 0.310 e. The van der Waals surface area contributed by atoms with Crippen LogP contribution in [0.4, 0.5) is 0 Å². The highest BCUT2D eigenvalue weighted by Crippen LogP contribution is 2.08. The molecule has 0 spiro atoms. The van der Waals surface area contributed by atoms with E-state index in [2.05, 4.69) is 59.4 Å². The molecule has 0 fully saturated rings. The van der Waals surface area contributed by atoms with Crippen LogP contribution in [0.3, 0.4) is 0 Å². The average Bonchev–Trinajstić information content (AvgIpc) is 2.26. The van der Waals surface area contributed by atoms with Crippen LogP contribution in [0.2, 0.25) is 0 Å². The van der Waals surface area contributed by atoms with E-state index in [0.29, 0.717) is 6.04 Å². The first-order chi connectivity index (χ1) is 7.27. The molecule has 1 aromatic carbocycles. The van der Waals surface area contributed by atoms with Crippen LogP contribution in [0.1, 0.15) is 30.9 Å². The van der Waals surface area contributed by atoms with Gasteiger partial charge in [0.15, 0.2) is 0 Å². The van der Waals surface area contributed by atoms with Crippen LogP contribution >= 0.6 is 15.9 Å². The van der Waals surface area contributed by atoms with Gasteiger partial charge in [0.2, 0.25) is 0 Å². The lowest BCUT2D eigenvalue weighted by atomic mass is 10.1. The van der Waals surface area contributed by atoms with Gasteiger partial charge in [-0.2, -0.15) is 0 Å². The smallest absolute Gasteiger partial charge is 0.0210 e. The van der Waals surface area contributed by atoms with Crippen molar-refractivity contribution in [1.82, 2.24) is 5.32 Å². The minimum absolute atomic E-state index is 0.629. The van der Waals surface area contributed by atoms with E-state index in [9.17, 15) is 0 Å². The molecule has 15 heavy (non-hydrogen) atoms. The molecular weight excluding hydrogens is 250 g/mol. The predicted molar refractivity (Wildman–Crippen MR) is 70.5 cm³/mol. The number of hydrogen-bond donors (Lipinski definition) is 1. The van der Waals surface area contributed by atoms with Gasteiger partial charge < -0.3 is 5.32 Å². The number of hydrogen-bond acceptors (Lipinski definition) is 1. The van der Waals surface area contributed by atoms with Crippen LogP contribution in [0.15, 0.2) is 24.3 Å². The van der Waals surface area contributed by atoms with Gasteiger partial charge in [-0.3, -0.25) is 0 Å². The van der Waals surface area contributed by atoms with Gasteiger partial charge in [0, 0.05) is 17.9 Å². The van der Waals surface area contributed by atoms with Crippen molar-refractivity contribution in [2.24, 2.45) is 0 Å². The van der Waals surface area contributed by atoms with Crippen LogP contribution < -0.4 is 5.32 Å². The van der Waals surface area contributed by atoms with Crippen molar-refractivity contribution in [3.8, 4) is 0 Å². The summed E-state index contributed by atoms with van der Waals surface area (Å²) < 4.78 is 0. The molecule has 0 saturated carbocycles. The summed E-state index contributed by atoms with van der Waals surface area (Å²) in [7, 11) is 0. The molecule has 0 aliphatic carbocycles. The van der Waals surface area contributed by atoms with Gasteiger partial charge in [0.25, 0.3) is 0 Å². The summed E-state index contributed by atoms with van der Waals surface area (Å²) in [6, 6.07) is 9.19. The first-order valence-corrected chi connectivity index (χ1v) is 6.74. The fraction of sp³-hybridized carbons (Fsp3) is 0.538. The molecule has 0 aliphatic heterocycles. The Labute approximate surface area is 101 Å². The molecule has 0 heterocycles. The molecule has 1 N–H and O–H groups in total. The summed E-state index contributed by atoms with van der Waals surface area (Å²) >= 11 is 3.49. The van der Waals surface area contributed by atoms with E-state index < -0.39 is 0 Å². The lowest BCUT2D eigenvalue weighted by Crippen LogP contribution is -2.28. The Morgan fingerprint density at radius 3 is 2.67 bits per heavy atom. The van der Waals surface area contributed by atoms with Crippen LogP contribution in [-0.4, -0.2) is 11.4 Å². The Balaban J connectivity index is 2.45. The Hall–Kier alpha value is -0.340. The average molecular weight is 270 g/mol. The molecule has 2 heteroatoms. The van der Waals surface area contributed by atoms with Crippen molar-refractivity contribution in [2.45, 2.75) is 39.3 Å². The van der Waals surface area contributed by atoms with Gasteiger partial charge in [-0.25, -0.2) is 0 Å². The van der Waals surface area contributed by atoms with Crippen LogP contribution in [0.5, 0.6) is 0 Å². The molecule has 0 radical (unpaired) electrons. The maximum absolute atomic E-state index is 3.60. The van der Waals surface area contributed by atoms with E-state index in [1.54, 1.807) is 0 Å². The second-order valence-electron chi connectivity index (χ2n) is 3.89. The molecule has 1 unspecified atom stereocenters. The lowest BCUT2D eigenvalue weighted by Gasteiger charge is -2.16. The normalized spacial score (nSPS) is 12.7. The van der Waals surface area contributed by atoms with Crippen LogP contribution in [-0.2, 0) is 6.54 Å². The fourth-order valence-electron chi connectivity index (χ4n) is 1.64. The molecular formula is C13H20BrN. The third-order valence-electron chi connectivity index (χ3n) is 2.79. The molecule has 0 aromatic heterocycles. The number of benzene rings is 1. The zero-order chi connectivity index (χ0) is 11.1. The standard InChI is InChI=1S/C13H20BrN/c1-3-13(8-9-14)15-10-12-7-5-4-6-11(12)2/h4-7,13,15H,3,8-10H2,1-2H3. The third kappa shape index (κ3) is 4.35. The molecule has 0 aliphatic rings. The van der Waals surface area contributed by atoms with Crippen molar-refractivity contribution in [3.05, 3.63) is 35.4 Å². The van der Waals surface area contributed by atoms with Gasteiger partial charge in [-0.15, -0.1) is 0 Å². The number of alkyl halides is 1. The highest BCUT2D eigenvalue weighted by molar-refractivity contribution is 9.09. The monoisotopic (exact) mass is 269 g/mol. The minimum Gasteiger partial charge on any atom is -0.310 e. The first kappa shape index (κ1) is 12.7. The maximum atomic E-state index is 3.60. The van der Waals surface area contributed by atoms with Gasteiger partial charge in [0.05, 0.1) is 0 Å². The van der Waals surface area contributed by atoms with Crippen LogP contribution in [0.25, 0.3) is 0 Å². The zero-order valence-corrected chi connectivity index (χ0v) is 11.2. The van der Waals surface area contributed by atoms with Crippen molar-refractivity contribution in [3.63, 3.8) is 0 Å². The quantitative estimate of drug-likeness (QED) is 0.778. The summed E-state index contributed by atoms with van der Waals surface area (Å²) in [5.41, 5.74) is 2.78. The topological polar surface area (TPSA) is 12.0 Å². The van der Waals surface area contributed by atoms with Gasteiger partial charge >= 0.3 is 0 Å². The van der Waals surface area contributed by atoms with E-state index in [0.717, 1.165) is 11.9 Å². The van der Waals surface area contributed by atoms with E-state index >= 15 is 0 Å². The van der Waals surface area contributed by atoms with E-state index in [4.69, 9.17) is 0 Å². The number of rotatable bonds is 6. The molecule has 1 atom stereocenters. The van der Waals surface area contributed by atoms with Gasteiger partial charge in [-0.05, 0) is 30.9 Å². The third-order valence-corrected chi connectivity index (χ3v) is 3.25. The molecule has 1 rings (SSSR count). The van der Waals surface area contributed by atoms with Gasteiger partial charge in [-0.1, -0.05) is 47.1 Å². The SMILES string of the molecule is CCC(CCBr)NCc1ccccc1C. The summed E-state index contributed by atoms with van der Waals surface area (Å²) in [6.07, 6.45) is 2.39. The second-order valence-corrected chi connectivity index (χ2v) is 4.68. The zero-order valence-electron chi connectivity index (χ0n) is 9.59. The summed E-state index contributed by atoms with van der Waals surface area (Å²) in [4.78, 5) is 0. The Kier molecular flexibility index (Phi) is 5.96. The number of nitrogens with one attached hydrogen (secondary N) is 1. The summed E-state index contributed by atoms with van der Waals surface area (Å²) in [5.74, 6) is 0. The number of halogens is 1. The molecule has 0 bridgehead atoms. The first-order valence-electron chi connectivity index (χ1n) is 5.61. The van der Waals surface area contributed by atoms with Crippen molar-refractivity contribution in [1.29, 1.82) is 0 Å². The Morgan fingerprint density at radius 2 is 2.07 bits per heavy atom. The van der Waals surface area contributed by atoms with Crippen molar-refractivity contribution >= 4 is 15.9 Å². The fourth-order valence-corrected chi connectivity index (χ4v) is 2.20. The maximum Gasteiger partial charge on any atom is 0.0210 e. The molecule has 1 nitrogen and oxygen atoms in total. The summed E-state index contributed by atoms with van der Waals surface area (Å²) in [6.45, 7) is 5.39. The minimum atomic E-state index is 0.629. The molecule has 0 saturated heterocycles. The van der Waals surface area contributed by atoms with E-state index in [-0.39, 0.29) is 0 Å².